The number of aliphatic hydroxyl groups excluding tert-OH is 16. The van der Waals surface area contributed by atoms with Crippen molar-refractivity contribution in [2.24, 2.45) is 50.2 Å². The summed E-state index contributed by atoms with van der Waals surface area (Å²) in [5.41, 5.74) is -2.17. The lowest BCUT2D eigenvalue weighted by molar-refractivity contribution is -0.386. The van der Waals surface area contributed by atoms with Crippen LogP contribution in [0.3, 0.4) is 0 Å². The molecular formula is C59H96O27. The maximum atomic E-state index is 15.1. The van der Waals surface area contributed by atoms with E-state index < -0.39 is 208 Å². The zero-order chi connectivity index (χ0) is 62.7. The summed E-state index contributed by atoms with van der Waals surface area (Å²) in [6.07, 6.45) is -31.6. The Bertz CT molecular complexity index is 2390. The van der Waals surface area contributed by atoms with Gasteiger partial charge in [-0.2, -0.15) is 0 Å². The van der Waals surface area contributed by atoms with Gasteiger partial charge in [0.2, 0.25) is 6.29 Å². The van der Waals surface area contributed by atoms with Crippen LogP contribution >= 0.6 is 0 Å². The Morgan fingerprint density at radius 3 is 1.84 bits per heavy atom. The Kier molecular flexibility index (Phi) is 19.4. The summed E-state index contributed by atoms with van der Waals surface area (Å²) >= 11 is 0. The molecule has 5 heterocycles. The third kappa shape index (κ3) is 11.2. The van der Waals surface area contributed by atoms with Gasteiger partial charge in [-0.15, -0.1) is 0 Å². The molecule has 0 radical (unpaired) electrons. The van der Waals surface area contributed by atoms with Gasteiger partial charge in [-0.1, -0.05) is 53.2 Å². The second kappa shape index (κ2) is 24.9. The molecule has 27 heteroatoms. The van der Waals surface area contributed by atoms with Gasteiger partial charge in [-0.05, 0) is 111 Å². The molecule has 27 nitrogen and oxygen atoms in total. The molecule has 86 heavy (non-hydrogen) atoms. The summed E-state index contributed by atoms with van der Waals surface area (Å²) in [4.78, 5) is 15.1. The summed E-state index contributed by atoms with van der Waals surface area (Å²) in [5.74, 6) is -0.980. The smallest absolute Gasteiger partial charge is 0.315 e. The first kappa shape index (κ1) is 67.1. The van der Waals surface area contributed by atoms with E-state index >= 15 is 4.79 Å². The van der Waals surface area contributed by atoms with Gasteiger partial charge in [0.1, 0.15) is 110 Å². The van der Waals surface area contributed by atoms with Crippen molar-refractivity contribution in [2.75, 3.05) is 33.0 Å². The number of aliphatic hydroxyl groups is 16. The Morgan fingerprint density at radius 1 is 0.558 bits per heavy atom. The van der Waals surface area contributed by atoms with Gasteiger partial charge in [0.25, 0.3) is 0 Å². The predicted octanol–water partition coefficient (Wildman–Crippen LogP) is -3.57. The molecule has 5 saturated heterocycles. The van der Waals surface area contributed by atoms with E-state index in [1.54, 1.807) is 0 Å². The SMILES string of the molecule is C[C@@H]1O[C@@H](O[C@H]2[C@H](O)[C@@H](CO)OC(O[C@H]3CC[C@@]4(C)[C@@H](CC[C@]5(C)[C@@H]4CC=C4[C@@H]6CC(C)(C)CC[C@]6(C(=O)O[C@@H]6O[C@H](CO[C@@H]7O[C@H](CO)[C@@H](O)[C@H](O)[C@H]7O)[C@@H](O)[C@H](O)[C@H]6O)CC[C@]45C)[C@]3(C)CO)[C@@H]2O)[C@H](O[C@@H]2OC[C@H](O)[C@H](O)[C@H]2O)[C@H](O)[C@H]1O. The van der Waals surface area contributed by atoms with Crippen LogP contribution < -0.4 is 0 Å². The van der Waals surface area contributed by atoms with Crippen LogP contribution in [-0.4, -0.2) is 274 Å². The van der Waals surface area contributed by atoms with Crippen molar-refractivity contribution in [1.82, 2.24) is 0 Å². The van der Waals surface area contributed by atoms with Gasteiger partial charge in [0.15, 0.2) is 25.2 Å². The van der Waals surface area contributed by atoms with Crippen LogP contribution in [0.4, 0.5) is 0 Å². The predicted molar refractivity (Wildman–Crippen MR) is 289 cm³/mol. The van der Waals surface area contributed by atoms with E-state index in [1.165, 1.54) is 12.5 Å². The average Bonchev–Trinajstić information content (AvgIpc) is 0.988. The van der Waals surface area contributed by atoms with Crippen LogP contribution in [-0.2, 0) is 52.2 Å². The Balaban J connectivity index is 0.854. The van der Waals surface area contributed by atoms with E-state index in [2.05, 4.69) is 40.7 Å². The summed E-state index contributed by atoms with van der Waals surface area (Å²) in [6, 6.07) is 0. The lowest BCUT2D eigenvalue weighted by atomic mass is 9.33. The van der Waals surface area contributed by atoms with E-state index in [1.807, 2.05) is 6.92 Å². The van der Waals surface area contributed by atoms with Crippen LogP contribution in [0.15, 0.2) is 11.6 Å². The van der Waals surface area contributed by atoms with Crippen molar-refractivity contribution >= 4 is 5.97 Å². The van der Waals surface area contributed by atoms with Crippen LogP contribution in [0.1, 0.15) is 113 Å². The largest absolute Gasteiger partial charge is 0.432 e. The lowest BCUT2D eigenvalue weighted by Crippen LogP contribution is -2.68. The molecule has 5 aliphatic heterocycles. The van der Waals surface area contributed by atoms with E-state index in [9.17, 15) is 81.7 Å². The highest BCUT2D eigenvalue weighted by molar-refractivity contribution is 5.79. The molecule has 5 aliphatic carbocycles. The second-order valence-corrected chi connectivity index (χ2v) is 28.5. The maximum Gasteiger partial charge on any atom is 0.315 e. The van der Waals surface area contributed by atoms with Gasteiger partial charge in [-0.3, -0.25) is 4.79 Å². The van der Waals surface area contributed by atoms with Crippen molar-refractivity contribution in [1.29, 1.82) is 0 Å². The Morgan fingerprint density at radius 2 is 1.16 bits per heavy atom. The molecule has 0 bridgehead atoms. The number of ether oxygens (including phenoxy) is 10. The van der Waals surface area contributed by atoms with Gasteiger partial charge in [-0.25, -0.2) is 0 Å². The maximum absolute atomic E-state index is 15.1. The fourth-order valence-corrected chi connectivity index (χ4v) is 17.6. The summed E-state index contributed by atoms with van der Waals surface area (Å²) in [7, 11) is 0. The quantitative estimate of drug-likeness (QED) is 0.0454. The van der Waals surface area contributed by atoms with Crippen molar-refractivity contribution in [2.45, 2.75) is 266 Å². The molecule has 0 aromatic carbocycles. The topological polar surface area (TPSA) is 433 Å². The van der Waals surface area contributed by atoms with Crippen molar-refractivity contribution in [3.05, 3.63) is 11.6 Å². The molecule has 16 N–H and O–H groups in total. The molecule has 0 aromatic heterocycles. The number of fused-ring (bicyclic) bond motifs is 7. The van der Waals surface area contributed by atoms with Gasteiger partial charge in [0, 0.05) is 5.41 Å². The summed E-state index contributed by atoms with van der Waals surface area (Å²) < 4.78 is 59.4. The average molecular weight is 1240 g/mol. The standard InChI is InChI=1S/C59H96O27/c1-24-34(64)41(71)47(85-49-42(72)35(65)27(63)21-77-49)52(79-24)84-46-38(68)29(20-61)81-51(45(46)75)83-33-11-12-55(4)31(56(33,5)23-62)10-13-58(7)32(55)9-8-25-26-18-54(2,3)14-16-59(26,17-15-57(25,58)6)53(76)86-50-44(74)40(70)37(67)30(82-50)22-78-48-43(73)39(69)36(66)28(19-60)80-48/h8,24,26-52,60-75H,9-23H2,1-7H3/t24-,26-,27-,28+,29+,30+,31+,32+,33-,34-,35-,36+,37+,38+,39-,40-,41+,42+,43+,44+,45+,46-,47+,48+,49-,50-,51?,52-,55-,56-,57+,58+,59-/m0/s1. The van der Waals surface area contributed by atoms with E-state index in [-0.39, 0.29) is 35.2 Å². The summed E-state index contributed by atoms with van der Waals surface area (Å²) in [6.45, 7) is 11.9. The first-order chi connectivity index (χ1) is 40.4. The molecule has 4 saturated carbocycles. The third-order valence-corrected chi connectivity index (χ3v) is 23.2. The number of hydrogen-bond donors (Lipinski definition) is 16. The minimum absolute atomic E-state index is 0.0739. The number of rotatable bonds is 14. The number of carbonyl (C=O) groups excluding carboxylic acids is 1. The molecule has 33 atom stereocenters. The highest BCUT2D eigenvalue weighted by Gasteiger charge is 2.71. The van der Waals surface area contributed by atoms with Gasteiger partial charge >= 0.3 is 5.97 Å². The van der Waals surface area contributed by atoms with Crippen LogP contribution in [0.5, 0.6) is 0 Å². The van der Waals surface area contributed by atoms with Crippen molar-refractivity contribution in [3.63, 3.8) is 0 Å². The zero-order valence-corrected chi connectivity index (χ0v) is 50.0. The number of allylic oxidation sites excluding steroid dienone is 2. The number of hydrogen-bond acceptors (Lipinski definition) is 27. The fraction of sp³-hybridized carbons (Fsp3) is 0.949. The number of esters is 1. The third-order valence-electron chi connectivity index (χ3n) is 23.2. The first-order valence-electron chi connectivity index (χ1n) is 30.8. The van der Waals surface area contributed by atoms with E-state index in [4.69, 9.17) is 47.4 Å². The molecule has 9 fully saturated rings. The minimum Gasteiger partial charge on any atom is -0.432 e. The highest BCUT2D eigenvalue weighted by Crippen LogP contribution is 2.76. The molecule has 0 spiro atoms. The zero-order valence-electron chi connectivity index (χ0n) is 50.0. The van der Waals surface area contributed by atoms with Crippen LogP contribution in [0, 0.1) is 50.2 Å². The van der Waals surface area contributed by atoms with Crippen LogP contribution in [0.2, 0.25) is 0 Å². The van der Waals surface area contributed by atoms with Crippen molar-refractivity contribution < 1.29 is 134 Å². The normalized spacial score (nSPS) is 54.8. The van der Waals surface area contributed by atoms with E-state index in [0.717, 1.165) is 6.42 Å². The van der Waals surface area contributed by atoms with Crippen LogP contribution in [0.25, 0.3) is 0 Å². The first-order valence-corrected chi connectivity index (χ1v) is 30.8. The molecule has 1 unspecified atom stereocenters. The van der Waals surface area contributed by atoms with Gasteiger partial charge in [0.05, 0.1) is 50.7 Å². The van der Waals surface area contributed by atoms with Crippen molar-refractivity contribution in [3.8, 4) is 0 Å². The molecule has 494 valence electrons. The molecule has 0 amide bonds. The van der Waals surface area contributed by atoms with Gasteiger partial charge < -0.3 is 129 Å². The Hall–Kier alpha value is -1.79. The minimum atomic E-state index is -1.87. The molecular weight excluding hydrogens is 1140 g/mol. The lowest BCUT2D eigenvalue weighted by Gasteiger charge is -2.71. The summed E-state index contributed by atoms with van der Waals surface area (Å²) in [5, 5.41) is 173. The molecule has 0 aromatic rings. The monoisotopic (exact) mass is 1240 g/mol. The highest BCUT2D eigenvalue weighted by atomic mass is 16.8. The van der Waals surface area contributed by atoms with E-state index in [0.29, 0.717) is 57.8 Å². The molecule has 10 aliphatic rings. The fourth-order valence-electron chi connectivity index (χ4n) is 17.6. The Labute approximate surface area is 499 Å². The second-order valence-electron chi connectivity index (χ2n) is 28.5. The number of carbonyl (C=O) groups is 1. The molecule has 10 rings (SSSR count).